The Bertz CT molecular complexity index is 480. The van der Waals surface area contributed by atoms with Gasteiger partial charge in [0, 0.05) is 31.3 Å². The van der Waals surface area contributed by atoms with Gasteiger partial charge in [0.15, 0.2) is 0 Å². The molecule has 18 heavy (non-hydrogen) atoms. The maximum absolute atomic E-state index is 11.5. The number of carbonyl (C=O) groups excluding carboxylic acids is 1. The van der Waals surface area contributed by atoms with Crippen LogP contribution in [0.2, 0.25) is 0 Å². The van der Waals surface area contributed by atoms with Gasteiger partial charge in [-0.1, -0.05) is 0 Å². The van der Waals surface area contributed by atoms with Gasteiger partial charge < -0.3 is 10.1 Å². The number of aromatic nitrogens is 2. The molecule has 0 unspecified atom stereocenters. The molecule has 1 heterocycles. The third kappa shape index (κ3) is 3.94. The first-order chi connectivity index (χ1) is 8.20. The van der Waals surface area contributed by atoms with Crippen molar-refractivity contribution in [2.75, 3.05) is 6.54 Å². The van der Waals surface area contributed by atoms with Gasteiger partial charge in [-0.2, -0.15) is 0 Å². The Balaban J connectivity index is 2.45. The molecule has 0 saturated heterocycles. The van der Waals surface area contributed by atoms with Crippen molar-refractivity contribution in [1.82, 2.24) is 15.1 Å². The molecule has 0 aliphatic rings. The van der Waals surface area contributed by atoms with Crippen molar-refractivity contribution in [3.63, 3.8) is 0 Å². The second kappa shape index (κ2) is 5.29. The number of amides is 1. The highest BCUT2D eigenvalue weighted by Crippen LogP contribution is 2.06. The number of aryl methyl sites for hydroxylation is 1. The molecule has 1 amide bonds. The van der Waals surface area contributed by atoms with E-state index in [1.54, 1.807) is 14.0 Å². The van der Waals surface area contributed by atoms with Crippen LogP contribution in [-0.4, -0.2) is 28.0 Å². The summed E-state index contributed by atoms with van der Waals surface area (Å²) < 4.78 is 6.54. The number of aromatic amines is 1. The van der Waals surface area contributed by atoms with E-state index in [4.69, 9.17) is 4.74 Å². The Morgan fingerprint density at radius 2 is 2.06 bits per heavy atom. The van der Waals surface area contributed by atoms with Crippen LogP contribution in [0.5, 0.6) is 0 Å². The number of rotatable bonds is 3. The minimum Gasteiger partial charge on any atom is -0.444 e. The first kappa shape index (κ1) is 14.3. The molecule has 0 bridgehead atoms. The third-order valence-electron chi connectivity index (χ3n) is 2.42. The zero-order valence-electron chi connectivity index (χ0n) is 11.6. The molecule has 0 spiro atoms. The SMILES string of the molecule is Cc1c(CCNC(=O)OC(C)(C)C)[nH]n(C)c1=O. The first-order valence-electron chi connectivity index (χ1n) is 5.92. The van der Waals surface area contributed by atoms with Crippen LogP contribution in [0, 0.1) is 6.92 Å². The Kier molecular flexibility index (Phi) is 4.21. The zero-order valence-corrected chi connectivity index (χ0v) is 11.6. The molecular weight excluding hydrogens is 234 g/mol. The minimum atomic E-state index is -0.499. The Morgan fingerprint density at radius 1 is 1.44 bits per heavy atom. The highest BCUT2D eigenvalue weighted by molar-refractivity contribution is 5.67. The molecular formula is C12H21N3O3. The normalized spacial score (nSPS) is 11.4. The Hall–Kier alpha value is -1.72. The summed E-state index contributed by atoms with van der Waals surface area (Å²) in [5.41, 5.74) is 0.977. The van der Waals surface area contributed by atoms with Crippen molar-refractivity contribution in [3.8, 4) is 0 Å². The van der Waals surface area contributed by atoms with Crippen molar-refractivity contribution in [2.45, 2.75) is 39.7 Å². The van der Waals surface area contributed by atoms with Crippen LogP contribution >= 0.6 is 0 Å². The lowest BCUT2D eigenvalue weighted by atomic mass is 10.2. The summed E-state index contributed by atoms with van der Waals surface area (Å²) in [7, 11) is 1.67. The lowest BCUT2D eigenvalue weighted by Gasteiger charge is -2.19. The number of nitrogens with one attached hydrogen (secondary N) is 2. The molecule has 0 atom stereocenters. The maximum Gasteiger partial charge on any atom is 0.407 e. The van der Waals surface area contributed by atoms with E-state index in [1.165, 1.54) is 4.68 Å². The number of H-pyrrole nitrogens is 1. The number of alkyl carbamates (subject to hydrolysis) is 1. The smallest absolute Gasteiger partial charge is 0.407 e. The largest absolute Gasteiger partial charge is 0.444 e. The van der Waals surface area contributed by atoms with Crippen LogP contribution < -0.4 is 10.9 Å². The van der Waals surface area contributed by atoms with Gasteiger partial charge in [0.05, 0.1) is 0 Å². The number of ether oxygens (including phenoxy) is 1. The Labute approximate surface area is 106 Å². The molecule has 2 N–H and O–H groups in total. The van der Waals surface area contributed by atoms with E-state index in [0.717, 1.165) is 5.69 Å². The Morgan fingerprint density at radius 3 is 2.50 bits per heavy atom. The molecule has 102 valence electrons. The molecule has 0 aromatic carbocycles. The van der Waals surface area contributed by atoms with Gasteiger partial charge in [0.1, 0.15) is 5.60 Å². The summed E-state index contributed by atoms with van der Waals surface area (Å²) in [6.07, 6.45) is 0.125. The summed E-state index contributed by atoms with van der Waals surface area (Å²) in [5, 5.41) is 5.60. The van der Waals surface area contributed by atoms with Crippen molar-refractivity contribution >= 4 is 6.09 Å². The van der Waals surface area contributed by atoms with Gasteiger partial charge in [-0.25, -0.2) is 4.79 Å². The van der Waals surface area contributed by atoms with Crippen molar-refractivity contribution in [2.24, 2.45) is 7.05 Å². The minimum absolute atomic E-state index is 0.0396. The zero-order chi connectivity index (χ0) is 13.9. The van der Waals surface area contributed by atoms with E-state index in [2.05, 4.69) is 10.4 Å². The molecule has 0 fully saturated rings. The van der Waals surface area contributed by atoms with Crippen molar-refractivity contribution in [3.05, 3.63) is 21.6 Å². The van der Waals surface area contributed by atoms with Gasteiger partial charge in [-0.3, -0.25) is 14.6 Å². The van der Waals surface area contributed by atoms with Gasteiger partial charge in [0.25, 0.3) is 5.56 Å². The second-order valence-electron chi connectivity index (χ2n) is 5.26. The van der Waals surface area contributed by atoms with Crippen molar-refractivity contribution in [1.29, 1.82) is 0 Å². The number of nitrogens with zero attached hydrogens (tertiary/aromatic N) is 1. The number of hydrogen-bond acceptors (Lipinski definition) is 3. The molecule has 1 aromatic heterocycles. The van der Waals surface area contributed by atoms with Crippen molar-refractivity contribution < 1.29 is 9.53 Å². The van der Waals surface area contributed by atoms with E-state index >= 15 is 0 Å². The average Bonchev–Trinajstić information content (AvgIpc) is 2.44. The predicted octanol–water partition coefficient (Wildman–Crippen LogP) is 1.09. The number of carbonyl (C=O) groups is 1. The number of hydrogen-bond donors (Lipinski definition) is 2. The standard InChI is InChI=1S/C12H21N3O3/c1-8-9(14-15(5)10(8)16)6-7-13-11(17)18-12(2,3)4/h14H,6-7H2,1-5H3,(H,13,17). The predicted molar refractivity (Wildman–Crippen MR) is 68.7 cm³/mol. The molecule has 0 saturated carbocycles. The van der Waals surface area contributed by atoms with Crippen LogP contribution in [0.15, 0.2) is 4.79 Å². The fraction of sp³-hybridized carbons (Fsp3) is 0.667. The quantitative estimate of drug-likeness (QED) is 0.848. The summed E-state index contributed by atoms with van der Waals surface area (Å²) in [4.78, 5) is 22.9. The summed E-state index contributed by atoms with van der Waals surface area (Å²) in [5.74, 6) is 0. The van der Waals surface area contributed by atoms with Crippen LogP contribution in [0.25, 0.3) is 0 Å². The van der Waals surface area contributed by atoms with E-state index in [0.29, 0.717) is 18.5 Å². The lowest BCUT2D eigenvalue weighted by Crippen LogP contribution is -2.33. The highest BCUT2D eigenvalue weighted by atomic mass is 16.6. The first-order valence-corrected chi connectivity index (χ1v) is 5.92. The van der Waals surface area contributed by atoms with Crippen LogP contribution in [-0.2, 0) is 18.2 Å². The van der Waals surface area contributed by atoms with E-state index in [9.17, 15) is 9.59 Å². The average molecular weight is 255 g/mol. The summed E-state index contributed by atoms with van der Waals surface area (Å²) >= 11 is 0. The van der Waals surface area contributed by atoms with Gasteiger partial charge in [0.2, 0.25) is 0 Å². The molecule has 0 aliphatic heterocycles. The second-order valence-corrected chi connectivity index (χ2v) is 5.26. The maximum atomic E-state index is 11.5. The van der Waals surface area contributed by atoms with E-state index in [-0.39, 0.29) is 5.56 Å². The molecule has 0 aliphatic carbocycles. The van der Waals surface area contributed by atoms with Gasteiger partial charge in [-0.05, 0) is 27.7 Å². The summed E-state index contributed by atoms with van der Waals surface area (Å²) in [6.45, 7) is 7.62. The summed E-state index contributed by atoms with van der Waals surface area (Å²) in [6, 6.07) is 0. The van der Waals surface area contributed by atoms with Crippen LogP contribution in [0.1, 0.15) is 32.0 Å². The van der Waals surface area contributed by atoms with Crippen LogP contribution in [0.3, 0.4) is 0 Å². The van der Waals surface area contributed by atoms with Gasteiger partial charge in [-0.15, -0.1) is 0 Å². The molecule has 6 heteroatoms. The highest BCUT2D eigenvalue weighted by Gasteiger charge is 2.15. The molecule has 1 rings (SSSR count). The molecule has 0 radical (unpaired) electrons. The van der Waals surface area contributed by atoms with Gasteiger partial charge >= 0.3 is 6.09 Å². The fourth-order valence-corrected chi connectivity index (χ4v) is 1.56. The third-order valence-corrected chi connectivity index (χ3v) is 2.42. The van der Waals surface area contributed by atoms with E-state index < -0.39 is 11.7 Å². The lowest BCUT2D eigenvalue weighted by molar-refractivity contribution is 0.0528. The van der Waals surface area contributed by atoms with E-state index in [1.807, 2.05) is 20.8 Å². The molecule has 1 aromatic rings. The van der Waals surface area contributed by atoms with Crippen LogP contribution in [0.4, 0.5) is 4.79 Å². The monoisotopic (exact) mass is 255 g/mol. The molecule has 6 nitrogen and oxygen atoms in total. The fourth-order valence-electron chi connectivity index (χ4n) is 1.56. The topological polar surface area (TPSA) is 76.1 Å².